The number of rotatable bonds is 4. The molecule has 0 nitrogen and oxygen atoms in total. The van der Waals surface area contributed by atoms with Gasteiger partial charge in [-0.15, -0.1) is 0 Å². The van der Waals surface area contributed by atoms with E-state index in [1.807, 2.05) is 0 Å². The maximum atomic E-state index is 3.85. The van der Waals surface area contributed by atoms with Gasteiger partial charge in [0.15, 0.2) is 0 Å². The molecule has 64 valence electrons. The second-order valence-corrected chi connectivity index (χ2v) is 3.63. The number of hydrogen-bond acceptors (Lipinski definition) is 0. The van der Waals surface area contributed by atoms with Gasteiger partial charge in [0.05, 0.1) is 0 Å². The number of hydrogen-bond donors (Lipinski definition) is 0. The molecule has 1 rings (SSSR count). The van der Waals surface area contributed by atoms with Crippen molar-refractivity contribution >= 4 is 0 Å². The van der Waals surface area contributed by atoms with Crippen LogP contribution < -0.4 is 0 Å². The summed E-state index contributed by atoms with van der Waals surface area (Å²) in [7, 11) is 0. The van der Waals surface area contributed by atoms with E-state index in [0.717, 1.165) is 12.3 Å². The van der Waals surface area contributed by atoms with E-state index in [4.69, 9.17) is 0 Å². The summed E-state index contributed by atoms with van der Waals surface area (Å²) < 4.78 is 0. The summed E-state index contributed by atoms with van der Waals surface area (Å²) in [6.07, 6.45) is 13.5. The number of unbranched alkanes of at least 4 members (excludes halogenated alkanes) is 2. The fourth-order valence-corrected chi connectivity index (χ4v) is 1.87. The Morgan fingerprint density at radius 3 is 2.55 bits per heavy atom. The van der Waals surface area contributed by atoms with Crippen LogP contribution in [0.25, 0.3) is 0 Å². The second kappa shape index (κ2) is 5.62. The zero-order chi connectivity index (χ0) is 7.94. The van der Waals surface area contributed by atoms with Gasteiger partial charge in [0.2, 0.25) is 0 Å². The first-order valence-corrected chi connectivity index (χ1v) is 5.06. The fourth-order valence-electron chi connectivity index (χ4n) is 1.87. The smallest absolute Gasteiger partial charge is 0.0355 e. The Balaban J connectivity index is 1.96. The van der Waals surface area contributed by atoms with Crippen molar-refractivity contribution in [2.24, 2.45) is 5.92 Å². The zero-order valence-corrected chi connectivity index (χ0v) is 7.52. The molecule has 0 heteroatoms. The first-order chi connectivity index (χ1) is 5.43. The zero-order valence-electron chi connectivity index (χ0n) is 7.52. The summed E-state index contributed by atoms with van der Waals surface area (Å²) in [4.78, 5) is 0. The van der Waals surface area contributed by atoms with Crippen LogP contribution in [0.15, 0.2) is 0 Å². The maximum Gasteiger partial charge on any atom is -0.0355 e. The van der Waals surface area contributed by atoms with Gasteiger partial charge < -0.3 is 0 Å². The van der Waals surface area contributed by atoms with Crippen molar-refractivity contribution in [1.29, 1.82) is 0 Å². The topological polar surface area (TPSA) is 0 Å². The molecule has 0 spiro atoms. The van der Waals surface area contributed by atoms with E-state index in [9.17, 15) is 0 Å². The molecule has 0 bridgehead atoms. The van der Waals surface area contributed by atoms with E-state index in [2.05, 4.69) is 13.3 Å². The van der Waals surface area contributed by atoms with E-state index < -0.39 is 0 Å². The Hall–Kier alpha value is 0. The van der Waals surface area contributed by atoms with Gasteiger partial charge in [-0.25, -0.2) is 0 Å². The molecule has 0 heterocycles. The van der Waals surface area contributed by atoms with Crippen LogP contribution in [0.3, 0.4) is 0 Å². The molecular weight excluding hydrogens is 132 g/mol. The molecule has 0 aromatic rings. The third kappa shape index (κ3) is 3.79. The summed E-state index contributed by atoms with van der Waals surface area (Å²) >= 11 is 0. The molecule has 0 atom stereocenters. The lowest BCUT2D eigenvalue weighted by molar-refractivity contribution is 0.389. The lowest BCUT2D eigenvalue weighted by Gasteiger charge is -2.20. The average Bonchev–Trinajstić information content (AvgIpc) is 2.07. The Morgan fingerprint density at radius 1 is 1.18 bits per heavy atom. The van der Waals surface area contributed by atoms with Crippen LogP contribution in [0.4, 0.5) is 0 Å². The Bertz CT molecular complexity index is 80.0. The van der Waals surface area contributed by atoms with Gasteiger partial charge in [-0.3, -0.25) is 0 Å². The maximum absolute atomic E-state index is 3.85. The lowest BCUT2D eigenvalue weighted by atomic mass is 9.86. The average molecular weight is 152 g/mol. The molecule has 11 heavy (non-hydrogen) atoms. The van der Waals surface area contributed by atoms with E-state index in [0.29, 0.717) is 0 Å². The monoisotopic (exact) mass is 152 g/mol. The minimum absolute atomic E-state index is 0.954. The van der Waals surface area contributed by atoms with Gasteiger partial charge in [-0.2, -0.15) is 0 Å². The van der Waals surface area contributed by atoms with E-state index >= 15 is 0 Å². The minimum Gasteiger partial charge on any atom is -0.0533 e. The largest absolute Gasteiger partial charge is 0.0533 e. The molecule has 2 radical (unpaired) electrons. The fraction of sp³-hybridized carbons (Fsp3) is 0.818. The third-order valence-corrected chi connectivity index (χ3v) is 2.60. The van der Waals surface area contributed by atoms with Crippen LogP contribution in [0, 0.1) is 19.3 Å². The molecule has 0 amide bonds. The van der Waals surface area contributed by atoms with Crippen molar-refractivity contribution < 1.29 is 0 Å². The van der Waals surface area contributed by atoms with Crippen molar-refractivity contribution in [2.75, 3.05) is 0 Å². The van der Waals surface area contributed by atoms with E-state index in [-0.39, 0.29) is 0 Å². The van der Waals surface area contributed by atoms with Gasteiger partial charge in [0, 0.05) is 0 Å². The van der Waals surface area contributed by atoms with E-state index in [1.165, 1.54) is 44.9 Å². The summed E-state index contributed by atoms with van der Waals surface area (Å²) in [6, 6.07) is 0. The molecule has 0 aliphatic heterocycles. The first kappa shape index (κ1) is 9.09. The van der Waals surface area contributed by atoms with Crippen LogP contribution in [-0.2, 0) is 0 Å². The third-order valence-electron chi connectivity index (χ3n) is 2.60. The Kier molecular flexibility index (Phi) is 4.65. The molecular formula is C11H20. The highest BCUT2D eigenvalue weighted by atomic mass is 14.2. The predicted octanol–water partition coefficient (Wildman–Crippen LogP) is 3.78. The molecule has 1 aliphatic carbocycles. The first-order valence-electron chi connectivity index (χ1n) is 5.06. The van der Waals surface area contributed by atoms with Crippen LogP contribution in [0.2, 0.25) is 0 Å². The lowest BCUT2D eigenvalue weighted by Crippen LogP contribution is -2.06. The highest BCUT2D eigenvalue weighted by Gasteiger charge is 2.12. The van der Waals surface area contributed by atoms with Crippen molar-refractivity contribution in [3.63, 3.8) is 0 Å². The Morgan fingerprint density at radius 2 is 1.91 bits per heavy atom. The SMILES string of the molecule is [CH2]CCC[CH]C1CCCCC1. The predicted molar refractivity (Wildman–Crippen MR) is 50.1 cm³/mol. The Labute approximate surface area is 71.4 Å². The van der Waals surface area contributed by atoms with Crippen molar-refractivity contribution in [3.8, 4) is 0 Å². The van der Waals surface area contributed by atoms with Gasteiger partial charge in [-0.05, 0) is 18.8 Å². The van der Waals surface area contributed by atoms with Crippen LogP contribution in [0.5, 0.6) is 0 Å². The molecule has 1 fully saturated rings. The standard InChI is InChI=1S/C11H20/c1-2-3-5-8-11-9-6-4-7-10-11/h8,11H,1-7,9-10H2. The molecule has 1 aliphatic rings. The molecule has 0 aromatic heterocycles. The van der Waals surface area contributed by atoms with Crippen LogP contribution >= 0.6 is 0 Å². The van der Waals surface area contributed by atoms with Crippen molar-refractivity contribution in [3.05, 3.63) is 13.3 Å². The quantitative estimate of drug-likeness (QED) is 0.538. The van der Waals surface area contributed by atoms with Crippen LogP contribution in [-0.4, -0.2) is 0 Å². The molecule has 0 unspecified atom stereocenters. The summed E-state index contributed by atoms with van der Waals surface area (Å²) in [5.74, 6) is 0.954. The molecule has 0 saturated heterocycles. The van der Waals surface area contributed by atoms with Gasteiger partial charge in [0.1, 0.15) is 0 Å². The van der Waals surface area contributed by atoms with Gasteiger partial charge >= 0.3 is 0 Å². The highest BCUT2D eigenvalue weighted by Crippen LogP contribution is 2.26. The summed E-state index contributed by atoms with van der Waals surface area (Å²) in [5, 5.41) is 0. The van der Waals surface area contributed by atoms with E-state index in [1.54, 1.807) is 0 Å². The summed E-state index contributed by atoms with van der Waals surface area (Å²) in [5.41, 5.74) is 0. The van der Waals surface area contributed by atoms with Gasteiger partial charge in [0.25, 0.3) is 0 Å². The normalized spacial score (nSPS) is 20.5. The highest BCUT2D eigenvalue weighted by molar-refractivity contribution is 4.79. The van der Waals surface area contributed by atoms with Crippen molar-refractivity contribution in [2.45, 2.75) is 51.4 Å². The molecule has 0 aromatic carbocycles. The molecule has 1 saturated carbocycles. The van der Waals surface area contributed by atoms with Crippen molar-refractivity contribution in [1.82, 2.24) is 0 Å². The summed E-state index contributed by atoms with van der Waals surface area (Å²) in [6.45, 7) is 3.85. The second-order valence-electron chi connectivity index (χ2n) is 3.63. The minimum atomic E-state index is 0.954. The van der Waals surface area contributed by atoms with Gasteiger partial charge in [-0.1, -0.05) is 51.9 Å². The molecule has 0 N–H and O–H groups in total. The van der Waals surface area contributed by atoms with Crippen LogP contribution in [0.1, 0.15) is 51.4 Å².